The third-order valence-corrected chi connectivity index (χ3v) is 5.40. The maximum absolute atomic E-state index is 12.8. The summed E-state index contributed by atoms with van der Waals surface area (Å²) in [4.78, 5) is 26.5. The van der Waals surface area contributed by atoms with E-state index in [1.165, 1.54) is 24.3 Å². The van der Waals surface area contributed by atoms with E-state index in [1.54, 1.807) is 0 Å². The van der Waals surface area contributed by atoms with Crippen molar-refractivity contribution in [3.8, 4) is 5.75 Å². The predicted molar refractivity (Wildman–Crippen MR) is 97.6 cm³/mol. The summed E-state index contributed by atoms with van der Waals surface area (Å²) in [5.41, 5.74) is 0. The van der Waals surface area contributed by atoms with E-state index in [0.717, 1.165) is 25.7 Å². The van der Waals surface area contributed by atoms with Crippen LogP contribution in [-0.2, 0) is 9.59 Å². The van der Waals surface area contributed by atoms with Crippen LogP contribution in [0.25, 0.3) is 0 Å². The van der Waals surface area contributed by atoms with Crippen LogP contribution >= 0.6 is 0 Å². The molecule has 0 atom stereocenters. The number of rotatable bonds is 5. The largest absolute Gasteiger partial charge is 0.484 e. The highest BCUT2D eigenvalue weighted by Crippen LogP contribution is 2.27. The molecule has 0 bridgehead atoms. The van der Waals surface area contributed by atoms with Crippen molar-refractivity contribution in [1.29, 1.82) is 0 Å². The molecule has 1 aliphatic carbocycles. The molecule has 0 unspecified atom stereocenters. The number of hydrogen-bond acceptors (Lipinski definition) is 4. The molecule has 2 fully saturated rings. The lowest BCUT2D eigenvalue weighted by atomic mass is 9.84. The Morgan fingerprint density at radius 3 is 2.33 bits per heavy atom. The number of ether oxygens (including phenoxy) is 1. The first kappa shape index (κ1) is 19.6. The van der Waals surface area contributed by atoms with Crippen molar-refractivity contribution in [2.45, 2.75) is 50.7 Å². The molecule has 3 rings (SSSR count). The van der Waals surface area contributed by atoms with Crippen LogP contribution in [-0.4, -0.2) is 53.7 Å². The predicted octanol–water partition coefficient (Wildman–Crippen LogP) is 1.86. The number of carbonyl (C=O) groups is 2. The van der Waals surface area contributed by atoms with Gasteiger partial charge in [-0.05, 0) is 62.8 Å². The molecule has 0 spiro atoms. The van der Waals surface area contributed by atoms with Gasteiger partial charge in [-0.25, -0.2) is 4.39 Å². The van der Waals surface area contributed by atoms with Crippen molar-refractivity contribution in [3.63, 3.8) is 0 Å². The average Bonchev–Trinajstić information content (AvgIpc) is 2.68. The second kappa shape index (κ2) is 9.17. The molecule has 2 N–H and O–H groups in total. The first-order valence-corrected chi connectivity index (χ1v) is 9.66. The van der Waals surface area contributed by atoms with E-state index in [9.17, 15) is 19.1 Å². The van der Waals surface area contributed by atoms with Gasteiger partial charge in [-0.2, -0.15) is 0 Å². The molecular weight excluding hydrogens is 351 g/mol. The smallest absolute Gasteiger partial charge is 0.258 e. The van der Waals surface area contributed by atoms with Crippen LogP contribution in [0.1, 0.15) is 38.5 Å². The highest BCUT2D eigenvalue weighted by Gasteiger charge is 2.31. The summed E-state index contributed by atoms with van der Waals surface area (Å²) in [6.45, 7) is 1.16. The fourth-order valence-electron chi connectivity index (χ4n) is 3.78. The zero-order valence-electron chi connectivity index (χ0n) is 15.4. The van der Waals surface area contributed by atoms with Crippen LogP contribution in [0.3, 0.4) is 0 Å². The number of piperidine rings is 1. The van der Waals surface area contributed by atoms with Gasteiger partial charge in [-0.15, -0.1) is 0 Å². The van der Waals surface area contributed by atoms with Gasteiger partial charge in [0.1, 0.15) is 11.6 Å². The first-order valence-electron chi connectivity index (χ1n) is 9.66. The molecule has 1 aliphatic heterocycles. The lowest BCUT2D eigenvalue weighted by Crippen LogP contribution is -2.46. The Morgan fingerprint density at radius 1 is 1.07 bits per heavy atom. The van der Waals surface area contributed by atoms with Crippen molar-refractivity contribution in [1.82, 2.24) is 10.2 Å². The Hall–Kier alpha value is -2.15. The molecule has 7 heteroatoms. The Bertz CT molecular complexity index is 636. The summed E-state index contributed by atoms with van der Waals surface area (Å²) in [7, 11) is 0. The fourth-order valence-corrected chi connectivity index (χ4v) is 3.78. The standard InChI is InChI=1S/C20H27FN2O4/c21-15-3-7-18(8-4-15)27-13-19(25)22-16-5-1-14(2-6-16)20(26)23-11-9-17(24)10-12-23/h3-4,7-8,14,16-17,24H,1-2,5-6,9-13H2,(H,22,25). The van der Waals surface area contributed by atoms with Crippen molar-refractivity contribution in [2.75, 3.05) is 19.7 Å². The third kappa shape index (κ3) is 5.66. The van der Waals surface area contributed by atoms with Gasteiger partial charge in [-0.1, -0.05) is 0 Å². The van der Waals surface area contributed by atoms with Crippen molar-refractivity contribution in [2.24, 2.45) is 5.92 Å². The number of halogens is 1. The highest BCUT2D eigenvalue weighted by atomic mass is 19.1. The molecule has 1 saturated carbocycles. The lowest BCUT2D eigenvalue weighted by molar-refractivity contribution is -0.138. The molecule has 2 aliphatic rings. The highest BCUT2D eigenvalue weighted by molar-refractivity contribution is 5.79. The SMILES string of the molecule is O=C(COc1ccc(F)cc1)NC1CCC(C(=O)N2CCC(O)CC2)CC1. The van der Waals surface area contributed by atoms with Crippen molar-refractivity contribution >= 4 is 11.8 Å². The van der Waals surface area contributed by atoms with Gasteiger partial charge in [0.15, 0.2) is 6.61 Å². The van der Waals surface area contributed by atoms with E-state index in [-0.39, 0.29) is 42.3 Å². The summed E-state index contributed by atoms with van der Waals surface area (Å²) in [6.07, 6.45) is 4.11. The number of nitrogens with one attached hydrogen (secondary N) is 1. The molecule has 1 heterocycles. The van der Waals surface area contributed by atoms with Crippen LogP contribution in [0.5, 0.6) is 5.75 Å². The van der Waals surface area contributed by atoms with Crippen LogP contribution in [0, 0.1) is 11.7 Å². The van der Waals surface area contributed by atoms with Gasteiger partial charge >= 0.3 is 0 Å². The monoisotopic (exact) mass is 378 g/mol. The second-order valence-corrected chi connectivity index (χ2v) is 7.42. The zero-order chi connectivity index (χ0) is 19.2. The van der Waals surface area contributed by atoms with E-state index in [1.807, 2.05) is 4.90 Å². The van der Waals surface area contributed by atoms with Crippen LogP contribution in [0.15, 0.2) is 24.3 Å². The number of amides is 2. The number of aliphatic hydroxyl groups excluding tert-OH is 1. The fraction of sp³-hybridized carbons (Fsp3) is 0.600. The van der Waals surface area contributed by atoms with Crippen LogP contribution in [0.4, 0.5) is 4.39 Å². The maximum atomic E-state index is 12.8. The topological polar surface area (TPSA) is 78.9 Å². The first-order chi connectivity index (χ1) is 13.0. The van der Waals surface area contributed by atoms with Crippen molar-refractivity contribution < 1.29 is 23.8 Å². The summed E-state index contributed by atoms with van der Waals surface area (Å²) < 4.78 is 18.2. The van der Waals surface area contributed by atoms with Gasteiger partial charge in [0.05, 0.1) is 6.10 Å². The quantitative estimate of drug-likeness (QED) is 0.820. The third-order valence-electron chi connectivity index (χ3n) is 5.40. The molecule has 148 valence electrons. The molecule has 1 saturated heterocycles. The molecule has 1 aromatic rings. The number of nitrogens with zero attached hydrogens (tertiary/aromatic N) is 1. The maximum Gasteiger partial charge on any atom is 0.258 e. The average molecular weight is 378 g/mol. The number of hydrogen-bond donors (Lipinski definition) is 2. The minimum absolute atomic E-state index is 0.0175. The minimum atomic E-state index is -0.348. The molecule has 6 nitrogen and oxygen atoms in total. The van der Waals surface area contributed by atoms with Gasteiger partial charge in [-0.3, -0.25) is 9.59 Å². The number of benzene rings is 1. The van der Waals surface area contributed by atoms with E-state index >= 15 is 0 Å². The normalized spacial score (nSPS) is 23.7. The molecular formula is C20H27FN2O4. The van der Waals surface area contributed by atoms with E-state index in [2.05, 4.69) is 5.32 Å². The number of aliphatic hydroxyl groups is 1. The summed E-state index contributed by atoms with van der Waals surface area (Å²) in [5, 5.41) is 12.5. The minimum Gasteiger partial charge on any atom is -0.484 e. The summed E-state index contributed by atoms with van der Waals surface area (Å²) >= 11 is 0. The lowest BCUT2D eigenvalue weighted by Gasteiger charge is -2.35. The van der Waals surface area contributed by atoms with E-state index in [4.69, 9.17) is 4.74 Å². The van der Waals surface area contributed by atoms with Gasteiger partial charge < -0.3 is 20.1 Å². The van der Waals surface area contributed by atoms with Gasteiger partial charge in [0, 0.05) is 25.0 Å². The second-order valence-electron chi connectivity index (χ2n) is 7.42. The van der Waals surface area contributed by atoms with Gasteiger partial charge in [0.25, 0.3) is 5.91 Å². The Morgan fingerprint density at radius 2 is 1.70 bits per heavy atom. The van der Waals surface area contributed by atoms with Gasteiger partial charge in [0.2, 0.25) is 5.91 Å². The molecule has 1 aromatic carbocycles. The molecule has 0 aromatic heterocycles. The van der Waals surface area contributed by atoms with E-state index in [0.29, 0.717) is 31.7 Å². The zero-order valence-corrected chi connectivity index (χ0v) is 15.4. The Balaban J connectivity index is 1.36. The number of carbonyl (C=O) groups excluding carboxylic acids is 2. The Kier molecular flexibility index (Phi) is 6.66. The van der Waals surface area contributed by atoms with Crippen LogP contribution in [0.2, 0.25) is 0 Å². The summed E-state index contributed by atoms with van der Waals surface area (Å²) in [6, 6.07) is 5.60. The Labute approximate surface area is 158 Å². The molecule has 2 amide bonds. The summed E-state index contributed by atoms with van der Waals surface area (Å²) in [5.74, 6) is 0.0978. The van der Waals surface area contributed by atoms with E-state index < -0.39 is 0 Å². The van der Waals surface area contributed by atoms with Crippen LogP contribution < -0.4 is 10.1 Å². The van der Waals surface area contributed by atoms with Crippen molar-refractivity contribution in [3.05, 3.63) is 30.1 Å². The molecule has 0 radical (unpaired) electrons. The number of likely N-dealkylation sites (tertiary alicyclic amines) is 1. The molecule has 27 heavy (non-hydrogen) atoms.